The number of hydrogen-bond donors (Lipinski definition) is 3. The fourth-order valence-corrected chi connectivity index (χ4v) is 4.91. The number of hydrogen-bond acceptors (Lipinski definition) is 8. The number of fused-ring (bicyclic) bond motifs is 1. The summed E-state index contributed by atoms with van der Waals surface area (Å²) in [6.07, 6.45) is 0.323. The molecule has 3 aromatic rings. The fraction of sp³-hybridized carbons (Fsp3) is 0.227. The summed E-state index contributed by atoms with van der Waals surface area (Å²) in [6.45, 7) is 0. The van der Waals surface area contributed by atoms with Crippen LogP contribution in [0.2, 0.25) is 0 Å². The monoisotopic (exact) mass is 471 g/mol. The predicted octanol–water partition coefficient (Wildman–Crippen LogP) is 4.23. The molecule has 10 heteroatoms. The van der Waals surface area contributed by atoms with Crippen LogP contribution in [0, 0.1) is 4.77 Å². The highest BCUT2D eigenvalue weighted by molar-refractivity contribution is 7.99. The van der Waals surface area contributed by atoms with Crippen LogP contribution in [-0.2, 0) is 7.05 Å². The second kappa shape index (κ2) is 8.71. The van der Waals surface area contributed by atoms with Crippen molar-refractivity contribution in [2.45, 2.75) is 16.6 Å². The van der Waals surface area contributed by atoms with Gasteiger partial charge in [-0.15, -0.1) is 11.8 Å². The molecule has 3 N–H and O–H groups in total. The van der Waals surface area contributed by atoms with Gasteiger partial charge in [0, 0.05) is 23.6 Å². The maximum Gasteiger partial charge on any atom is 0.264 e. The normalized spacial score (nSPS) is 15.5. The van der Waals surface area contributed by atoms with Gasteiger partial charge in [-0.1, -0.05) is 12.1 Å². The molecule has 8 nitrogen and oxygen atoms in total. The molecular formula is C22H21N3O5S2. The number of nitrogens with zero attached hydrogens (tertiary/aromatic N) is 2. The van der Waals surface area contributed by atoms with Crippen LogP contribution < -0.4 is 15.0 Å². The van der Waals surface area contributed by atoms with Crippen LogP contribution in [-0.4, -0.2) is 39.7 Å². The van der Waals surface area contributed by atoms with Gasteiger partial charge in [0.15, 0.2) is 16.3 Å². The Morgan fingerprint density at radius 2 is 1.84 bits per heavy atom. The Hall–Kier alpha value is -3.24. The van der Waals surface area contributed by atoms with E-state index in [0.717, 1.165) is 10.5 Å². The molecule has 0 spiro atoms. The molecule has 0 fully saturated rings. The Labute approximate surface area is 193 Å². The minimum absolute atomic E-state index is 0.0705. The number of ether oxygens (including phenoxy) is 2. The van der Waals surface area contributed by atoms with Crippen LogP contribution in [0.15, 0.2) is 51.1 Å². The topological polar surface area (TPSA) is 109 Å². The number of H-pyrrole nitrogens is 1. The Balaban J connectivity index is 1.92. The number of methoxy groups -OCH3 is 2. The zero-order chi connectivity index (χ0) is 23.0. The Morgan fingerprint density at radius 3 is 2.50 bits per heavy atom. The molecule has 2 aromatic carbocycles. The lowest BCUT2D eigenvalue weighted by molar-refractivity contribution is 0.339. The van der Waals surface area contributed by atoms with Crippen LogP contribution in [0.5, 0.6) is 23.1 Å². The lowest BCUT2D eigenvalue weighted by Crippen LogP contribution is -2.23. The summed E-state index contributed by atoms with van der Waals surface area (Å²) >= 11 is 6.66. The lowest BCUT2D eigenvalue weighted by atomic mass is 10.0. The van der Waals surface area contributed by atoms with E-state index in [2.05, 4.69) is 4.98 Å². The fourth-order valence-electron chi connectivity index (χ4n) is 3.52. The van der Waals surface area contributed by atoms with E-state index < -0.39 is 5.56 Å². The van der Waals surface area contributed by atoms with Gasteiger partial charge in [-0.2, -0.15) is 0 Å². The van der Waals surface area contributed by atoms with Crippen molar-refractivity contribution in [2.24, 2.45) is 12.0 Å². The molecule has 1 atom stereocenters. The number of rotatable bonds is 4. The van der Waals surface area contributed by atoms with E-state index in [-0.39, 0.29) is 38.7 Å². The molecule has 0 radical (unpaired) electrons. The smallest absolute Gasteiger partial charge is 0.264 e. The molecule has 1 aliphatic heterocycles. The number of thioether (sulfide) groups is 1. The van der Waals surface area contributed by atoms with Gasteiger partial charge in [0.2, 0.25) is 11.6 Å². The summed E-state index contributed by atoms with van der Waals surface area (Å²) in [5.41, 5.74) is 1.49. The lowest BCUT2D eigenvalue weighted by Gasteiger charge is -2.19. The van der Waals surface area contributed by atoms with Crippen molar-refractivity contribution in [2.75, 3.05) is 14.2 Å². The Kier molecular flexibility index (Phi) is 5.98. The van der Waals surface area contributed by atoms with Crippen LogP contribution in [0.3, 0.4) is 0 Å². The number of aromatic amines is 1. The number of nitrogens with one attached hydrogen (secondary N) is 1. The zero-order valence-corrected chi connectivity index (χ0v) is 19.2. The summed E-state index contributed by atoms with van der Waals surface area (Å²) in [7, 11) is 4.51. The van der Waals surface area contributed by atoms with E-state index in [9.17, 15) is 15.0 Å². The molecule has 0 saturated heterocycles. The highest BCUT2D eigenvalue weighted by atomic mass is 32.2. The molecule has 0 saturated carbocycles. The maximum absolute atomic E-state index is 12.8. The third-order valence-corrected chi connectivity index (χ3v) is 6.92. The molecule has 0 amide bonds. The molecule has 0 bridgehead atoms. The van der Waals surface area contributed by atoms with Crippen molar-refractivity contribution in [1.82, 2.24) is 9.55 Å². The first kappa shape index (κ1) is 22.0. The standard InChI is InChI=1S/C22H21N3O5S2/c1-25-21(28)18(20(27)24-22(25)31)13-10-17(32-16-7-5-4-6-12(16)23-13)11-8-14(29-2)19(26)15(9-11)30-3/h4-9,17,26,28H,10H2,1-3H3,(H,24,27,31)/t17-/m1/s1. The van der Waals surface area contributed by atoms with Crippen molar-refractivity contribution >= 4 is 35.4 Å². The number of aromatic nitrogens is 2. The van der Waals surface area contributed by atoms with E-state index in [1.807, 2.05) is 24.3 Å². The van der Waals surface area contributed by atoms with Gasteiger partial charge >= 0.3 is 0 Å². The number of para-hydroxylation sites is 1. The maximum atomic E-state index is 12.8. The zero-order valence-electron chi connectivity index (χ0n) is 17.6. The molecule has 1 aliphatic rings. The van der Waals surface area contributed by atoms with E-state index in [1.54, 1.807) is 30.9 Å². The Bertz CT molecular complexity index is 1320. The van der Waals surface area contributed by atoms with E-state index in [4.69, 9.17) is 26.7 Å². The molecule has 32 heavy (non-hydrogen) atoms. The molecule has 0 unspecified atom stereocenters. The third-order valence-electron chi connectivity index (χ3n) is 5.22. The molecule has 166 valence electrons. The summed E-state index contributed by atoms with van der Waals surface area (Å²) in [5.74, 6) is 0.215. The van der Waals surface area contributed by atoms with Crippen LogP contribution in [0.4, 0.5) is 5.69 Å². The van der Waals surface area contributed by atoms with Crippen molar-refractivity contribution in [1.29, 1.82) is 0 Å². The molecular weight excluding hydrogens is 450 g/mol. The van der Waals surface area contributed by atoms with Crippen LogP contribution >= 0.6 is 24.0 Å². The van der Waals surface area contributed by atoms with Gasteiger partial charge in [0.1, 0.15) is 5.56 Å². The molecule has 0 aliphatic carbocycles. The van der Waals surface area contributed by atoms with Gasteiger partial charge in [-0.25, -0.2) is 0 Å². The van der Waals surface area contributed by atoms with Gasteiger partial charge < -0.3 is 19.7 Å². The highest BCUT2D eigenvalue weighted by Crippen LogP contribution is 2.48. The number of aromatic hydroxyl groups is 2. The van der Waals surface area contributed by atoms with Crippen molar-refractivity contribution < 1.29 is 19.7 Å². The van der Waals surface area contributed by atoms with Crippen LogP contribution in [0.25, 0.3) is 0 Å². The van der Waals surface area contributed by atoms with Gasteiger partial charge in [0.25, 0.3) is 5.56 Å². The van der Waals surface area contributed by atoms with Gasteiger partial charge in [0.05, 0.1) is 25.6 Å². The predicted molar refractivity (Wildman–Crippen MR) is 126 cm³/mol. The number of benzene rings is 2. The minimum atomic E-state index is -0.506. The van der Waals surface area contributed by atoms with Gasteiger partial charge in [-0.3, -0.25) is 19.3 Å². The van der Waals surface area contributed by atoms with E-state index in [0.29, 0.717) is 17.8 Å². The summed E-state index contributed by atoms with van der Waals surface area (Å²) in [5, 5.41) is 20.8. The largest absolute Gasteiger partial charge is 0.502 e. The van der Waals surface area contributed by atoms with Crippen molar-refractivity contribution in [3.8, 4) is 23.1 Å². The summed E-state index contributed by atoms with van der Waals surface area (Å²) < 4.78 is 12.1. The number of phenols is 1. The van der Waals surface area contributed by atoms with Crippen molar-refractivity contribution in [3.63, 3.8) is 0 Å². The van der Waals surface area contributed by atoms with Gasteiger partial charge in [-0.05, 0) is 42.0 Å². The first-order chi connectivity index (χ1) is 15.3. The average molecular weight is 472 g/mol. The van der Waals surface area contributed by atoms with E-state index in [1.165, 1.54) is 18.8 Å². The highest BCUT2D eigenvalue weighted by Gasteiger charge is 2.28. The van der Waals surface area contributed by atoms with Crippen LogP contribution in [0.1, 0.15) is 22.8 Å². The minimum Gasteiger partial charge on any atom is -0.502 e. The summed E-state index contributed by atoms with van der Waals surface area (Å²) in [4.78, 5) is 21.0. The molecule has 4 rings (SSSR count). The molecule has 2 heterocycles. The first-order valence-corrected chi connectivity index (χ1v) is 10.9. The second-order valence-corrected chi connectivity index (χ2v) is 8.76. The average Bonchev–Trinajstić information content (AvgIpc) is 2.97. The first-order valence-electron chi connectivity index (χ1n) is 9.64. The summed E-state index contributed by atoms with van der Waals surface area (Å²) in [6, 6.07) is 11.1. The van der Waals surface area contributed by atoms with E-state index >= 15 is 0 Å². The quantitative estimate of drug-likeness (QED) is 0.489. The SMILES string of the molecule is COc1cc([C@H]2CC(c3c(O)n(C)c(=S)[nH]c3=O)=Nc3ccccc3S2)cc(OC)c1O. The number of aliphatic imine (C=N–C) groups is 1. The second-order valence-electron chi connectivity index (χ2n) is 7.13. The van der Waals surface area contributed by atoms with Crippen molar-refractivity contribution in [3.05, 3.63) is 62.6 Å². The third kappa shape index (κ3) is 3.87. The molecule has 1 aromatic heterocycles. The number of phenolic OH excluding ortho intramolecular Hbond substituents is 1. The Morgan fingerprint density at radius 1 is 1.19 bits per heavy atom.